The van der Waals surface area contributed by atoms with Gasteiger partial charge in [0.15, 0.2) is 23.9 Å². The van der Waals surface area contributed by atoms with Crippen LogP contribution in [0, 0.1) is 0 Å². The van der Waals surface area contributed by atoms with Gasteiger partial charge in [0, 0.05) is 31.4 Å². The van der Waals surface area contributed by atoms with Crippen LogP contribution in [0.5, 0.6) is 5.75 Å². The molecule has 0 unspecified atom stereocenters. The van der Waals surface area contributed by atoms with Gasteiger partial charge in [-0.2, -0.15) is 5.10 Å². The minimum Gasteiger partial charge on any atom is -0.469 e. The number of nitrogens with one attached hydrogen (secondary N) is 2. The van der Waals surface area contributed by atoms with Gasteiger partial charge in [-0.05, 0) is 18.9 Å². The first-order chi connectivity index (χ1) is 12.2. The summed E-state index contributed by atoms with van der Waals surface area (Å²) >= 11 is 0. The Labute approximate surface area is 141 Å². The maximum absolute atomic E-state index is 12.5. The van der Waals surface area contributed by atoms with Crippen LogP contribution in [0.15, 0.2) is 29.2 Å². The second-order valence-corrected chi connectivity index (χ2v) is 6.24. The van der Waals surface area contributed by atoms with Gasteiger partial charge >= 0.3 is 5.69 Å². The average molecular weight is 340 g/mol. The summed E-state index contributed by atoms with van der Waals surface area (Å²) in [5.41, 5.74) is 1.61. The van der Waals surface area contributed by atoms with Crippen LogP contribution in [0.25, 0.3) is 5.65 Å². The van der Waals surface area contributed by atoms with Crippen molar-refractivity contribution in [2.45, 2.75) is 12.8 Å². The number of aromatic amines is 2. The summed E-state index contributed by atoms with van der Waals surface area (Å²) in [7, 11) is 0. The number of carbonyl (C=O) groups excluding carboxylic acids is 1. The number of rotatable bonds is 2. The van der Waals surface area contributed by atoms with Crippen LogP contribution >= 0.6 is 0 Å². The minimum absolute atomic E-state index is 0.00440. The number of ether oxygens (including phenoxy) is 1. The normalized spacial score (nSPS) is 16.5. The molecule has 1 saturated heterocycles. The van der Waals surface area contributed by atoms with Crippen LogP contribution in [-0.2, 0) is 0 Å². The highest BCUT2D eigenvalue weighted by Crippen LogP contribution is 2.39. The fraction of sp³-hybridized carbons (Fsp3) is 0.312. The standard InChI is InChI=1S/C16H16N6O3/c23-15(20-4-1-2-5-20)11-8-12-14(17-11)22(9-25-12)10-3-6-21-13(7-10)18-19-16(21)24/h3,6-8,17H,1-2,4-5,9H2,(H,19,24). The molecular weight excluding hydrogens is 324 g/mol. The molecule has 1 fully saturated rings. The van der Waals surface area contributed by atoms with Crippen molar-refractivity contribution in [2.75, 3.05) is 24.7 Å². The molecule has 2 aliphatic heterocycles. The van der Waals surface area contributed by atoms with Crippen LogP contribution in [0.2, 0.25) is 0 Å². The first kappa shape index (κ1) is 14.1. The molecule has 0 saturated carbocycles. The lowest BCUT2D eigenvalue weighted by atomic mass is 10.3. The molecular formula is C16H16N6O3. The number of pyridine rings is 1. The molecule has 3 aromatic rings. The Bertz CT molecular complexity index is 1030. The van der Waals surface area contributed by atoms with Crippen molar-refractivity contribution < 1.29 is 9.53 Å². The van der Waals surface area contributed by atoms with E-state index in [2.05, 4.69) is 15.2 Å². The summed E-state index contributed by atoms with van der Waals surface area (Å²) in [5, 5.41) is 6.39. The third kappa shape index (κ3) is 2.12. The van der Waals surface area contributed by atoms with E-state index in [9.17, 15) is 9.59 Å². The predicted molar refractivity (Wildman–Crippen MR) is 89.4 cm³/mol. The Balaban J connectivity index is 1.49. The summed E-state index contributed by atoms with van der Waals surface area (Å²) in [6.07, 6.45) is 3.77. The molecule has 5 rings (SSSR count). The minimum atomic E-state index is -0.279. The molecule has 128 valence electrons. The number of hydrogen-bond donors (Lipinski definition) is 2. The first-order valence-electron chi connectivity index (χ1n) is 8.20. The van der Waals surface area contributed by atoms with E-state index in [4.69, 9.17) is 4.74 Å². The number of anilines is 2. The molecule has 0 spiro atoms. The number of likely N-dealkylation sites (tertiary alicyclic amines) is 1. The molecule has 9 heteroatoms. The van der Waals surface area contributed by atoms with Gasteiger partial charge in [-0.25, -0.2) is 9.89 Å². The third-order valence-corrected chi connectivity index (χ3v) is 4.72. The van der Waals surface area contributed by atoms with Gasteiger partial charge in [0.2, 0.25) is 0 Å². The van der Waals surface area contributed by atoms with Crippen LogP contribution in [0.3, 0.4) is 0 Å². The zero-order chi connectivity index (χ0) is 17.0. The van der Waals surface area contributed by atoms with Crippen molar-refractivity contribution in [3.05, 3.63) is 40.6 Å². The van der Waals surface area contributed by atoms with E-state index in [-0.39, 0.29) is 11.6 Å². The molecule has 0 aliphatic carbocycles. The van der Waals surface area contributed by atoms with Crippen molar-refractivity contribution in [1.29, 1.82) is 0 Å². The van der Waals surface area contributed by atoms with Gasteiger partial charge in [0.25, 0.3) is 5.91 Å². The highest BCUT2D eigenvalue weighted by Gasteiger charge is 2.29. The van der Waals surface area contributed by atoms with Gasteiger partial charge in [0.05, 0.1) is 5.69 Å². The number of carbonyl (C=O) groups is 1. The number of hydrogen-bond acceptors (Lipinski definition) is 5. The number of H-pyrrole nitrogens is 2. The van der Waals surface area contributed by atoms with Crippen LogP contribution in [0.4, 0.5) is 11.5 Å². The van der Waals surface area contributed by atoms with E-state index in [1.165, 1.54) is 4.40 Å². The van der Waals surface area contributed by atoms with Gasteiger partial charge in [0.1, 0.15) is 5.69 Å². The fourth-order valence-electron chi connectivity index (χ4n) is 3.41. The lowest BCUT2D eigenvalue weighted by Crippen LogP contribution is -2.28. The monoisotopic (exact) mass is 340 g/mol. The van der Waals surface area contributed by atoms with Gasteiger partial charge in [-0.1, -0.05) is 0 Å². The summed E-state index contributed by atoms with van der Waals surface area (Å²) in [6.45, 7) is 1.94. The second-order valence-electron chi connectivity index (χ2n) is 6.24. The molecule has 0 aromatic carbocycles. The number of nitrogens with zero attached hydrogens (tertiary/aromatic N) is 4. The van der Waals surface area contributed by atoms with Gasteiger partial charge in [-0.15, -0.1) is 0 Å². The molecule has 0 bridgehead atoms. The predicted octanol–water partition coefficient (Wildman–Crippen LogP) is 1.07. The highest BCUT2D eigenvalue weighted by atomic mass is 16.5. The second kappa shape index (κ2) is 5.13. The molecule has 0 atom stereocenters. The first-order valence-corrected chi connectivity index (χ1v) is 8.20. The van der Waals surface area contributed by atoms with Crippen molar-refractivity contribution >= 4 is 23.1 Å². The molecule has 25 heavy (non-hydrogen) atoms. The molecule has 2 N–H and O–H groups in total. The van der Waals surface area contributed by atoms with E-state index < -0.39 is 0 Å². The third-order valence-electron chi connectivity index (χ3n) is 4.72. The summed E-state index contributed by atoms with van der Waals surface area (Å²) in [4.78, 5) is 31.1. The largest absolute Gasteiger partial charge is 0.469 e. The lowest BCUT2D eigenvalue weighted by molar-refractivity contribution is 0.0787. The van der Waals surface area contributed by atoms with E-state index in [0.29, 0.717) is 23.8 Å². The van der Waals surface area contributed by atoms with E-state index >= 15 is 0 Å². The molecule has 5 heterocycles. The Morgan fingerprint density at radius 1 is 1.24 bits per heavy atom. The van der Waals surface area contributed by atoms with Gasteiger partial charge < -0.3 is 14.6 Å². The van der Waals surface area contributed by atoms with Crippen molar-refractivity contribution in [3.8, 4) is 5.75 Å². The van der Waals surface area contributed by atoms with Crippen LogP contribution in [-0.4, -0.2) is 50.2 Å². The topological polar surface area (TPSA) is 98.7 Å². The zero-order valence-corrected chi connectivity index (χ0v) is 13.4. The van der Waals surface area contributed by atoms with E-state index in [1.807, 2.05) is 15.9 Å². The van der Waals surface area contributed by atoms with Crippen molar-refractivity contribution in [3.63, 3.8) is 0 Å². The summed E-state index contributed by atoms with van der Waals surface area (Å²) in [5.74, 6) is 1.40. The quantitative estimate of drug-likeness (QED) is 0.727. The molecule has 2 aliphatic rings. The molecule has 9 nitrogen and oxygen atoms in total. The maximum Gasteiger partial charge on any atom is 0.347 e. The Morgan fingerprint density at radius 2 is 2.08 bits per heavy atom. The fourth-order valence-corrected chi connectivity index (χ4v) is 3.41. The van der Waals surface area contributed by atoms with Crippen molar-refractivity contribution in [1.82, 2.24) is 24.5 Å². The van der Waals surface area contributed by atoms with E-state index in [0.717, 1.165) is 37.4 Å². The highest BCUT2D eigenvalue weighted by molar-refractivity contribution is 5.95. The smallest absolute Gasteiger partial charge is 0.347 e. The van der Waals surface area contributed by atoms with Crippen molar-refractivity contribution in [2.24, 2.45) is 0 Å². The number of amides is 1. The summed E-state index contributed by atoms with van der Waals surface area (Å²) in [6, 6.07) is 5.36. The summed E-state index contributed by atoms with van der Waals surface area (Å²) < 4.78 is 7.13. The maximum atomic E-state index is 12.5. The van der Waals surface area contributed by atoms with Gasteiger partial charge in [-0.3, -0.25) is 14.1 Å². The molecule has 0 radical (unpaired) electrons. The molecule has 3 aromatic heterocycles. The Hall–Kier alpha value is -3.23. The number of aromatic nitrogens is 4. The average Bonchev–Trinajstić information content (AvgIpc) is 3.38. The van der Waals surface area contributed by atoms with Crippen LogP contribution < -0.4 is 15.3 Å². The lowest BCUT2D eigenvalue weighted by Gasteiger charge is -2.17. The zero-order valence-electron chi connectivity index (χ0n) is 13.4. The van der Waals surface area contributed by atoms with Crippen LogP contribution in [0.1, 0.15) is 23.3 Å². The number of fused-ring (bicyclic) bond motifs is 2. The van der Waals surface area contributed by atoms with E-state index in [1.54, 1.807) is 18.3 Å². The Morgan fingerprint density at radius 3 is 2.92 bits per heavy atom. The molecule has 1 amide bonds. The Kier molecular flexibility index (Phi) is 2.90. The SMILES string of the molecule is O=C(c1cc2c([nH]1)N(c1ccn3c(=O)[nH]nc3c1)CO2)N1CCCC1.